The zero-order valence-corrected chi connectivity index (χ0v) is 12.2. The van der Waals surface area contributed by atoms with Gasteiger partial charge in [-0.1, -0.05) is 0 Å². The monoisotopic (exact) mass is 279 g/mol. The Morgan fingerprint density at radius 2 is 1.75 bits per heavy atom. The Kier molecular flexibility index (Phi) is 2.81. The van der Waals surface area contributed by atoms with Crippen LogP contribution in [0.25, 0.3) is 0 Å². The minimum absolute atomic E-state index is 0.123. The standard InChI is InChI=1S/C14H19BFNO3/c1-12(2)13(3,4)20-15(19-12)9-7-10(16)11(17-8-9)14(18)5-6-14/h7-8,18H,5-6H2,1-4H3. The Hall–Kier alpha value is -0.975. The van der Waals surface area contributed by atoms with E-state index in [2.05, 4.69) is 4.98 Å². The van der Waals surface area contributed by atoms with Crippen molar-refractivity contribution in [3.8, 4) is 0 Å². The van der Waals surface area contributed by atoms with E-state index in [-0.39, 0.29) is 5.69 Å². The van der Waals surface area contributed by atoms with Gasteiger partial charge in [0.15, 0.2) is 0 Å². The molecule has 0 aromatic carbocycles. The Balaban J connectivity index is 1.88. The maximum Gasteiger partial charge on any atom is 0.496 e. The lowest BCUT2D eigenvalue weighted by molar-refractivity contribution is 0.00578. The number of nitrogens with zero attached hydrogens (tertiary/aromatic N) is 1. The molecule has 20 heavy (non-hydrogen) atoms. The highest BCUT2D eigenvalue weighted by molar-refractivity contribution is 6.62. The number of aliphatic hydroxyl groups is 1. The lowest BCUT2D eigenvalue weighted by Gasteiger charge is -2.32. The van der Waals surface area contributed by atoms with E-state index in [0.29, 0.717) is 18.3 Å². The van der Waals surface area contributed by atoms with Crippen LogP contribution >= 0.6 is 0 Å². The zero-order chi connectivity index (χ0) is 14.8. The first-order valence-corrected chi connectivity index (χ1v) is 6.89. The average molecular weight is 279 g/mol. The van der Waals surface area contributed by atoms with Crippen molar-refractivity contribution in [1.82, 2.24) is 4.98 Å². The molecule has 3 rings (SSSR count). The third-order valence-corrected chi connectivity index (χ3v) is 4.55. The van der Waals surface area contributed by atoms with Crippen molar-refractivity contribution < 1.29 is 18.8 Å². The van der Waals surface area contributed by atoms with Crippen LogP contribution in [-0.2, 0) is 14.9 Å². The molecule has 1 aromatic rings. The van der Waals surface area contributed by atoms with Gasteiger partial charge in [-0.2, -0.15) is 0 Å². The van der Waals surface area contributed by atoms with Crippen molar-refractivity contribution in [2.24, 2.45) is 0 Å². The topological polar surface area (TPSA) is 51.6 Å². The molecule has 0 radical (unpaired) electrons. The second-order valence-corrected chi connectivity index (χ2v) is 6.72. The molecule has 0 bridgehead atoms. The molecule has 0 spiro atoms. The molecule has 1 aliphatic carbocycles. The van der Waals surface area contributed by atoms with Crippen LogP contribution in [0, 0.1) is 5.82 Å². The summed E-state index contributed by atoms with van der Waals surface area (Å²) in [6.07, 6.45) is 2.65. The molecule has 1 N–H and O–H groups in total. The number of halogens is 1. The molecule has 2 fully saturated rings. The highest BCUT2D eigenvalue weighted by Gasteiger charge is 2.52. The van der Waals surface area contributed by atoms with Crippen molar-refractivity contribution >= 4 is 12.6 Å². The maximum absolute atomic E-state index is 14.1. The molecule has 0 amide bonds. The Bertz CT molecular complexity index is 541. The first kappa shape index (κ1) is 14.0. The summed E-state index contributed by atoms with van der Waals surface area (Å²) in [7, 11) is -0.634. The Labute approximate surface area is 118 Å². The van der Waals surface area contributed by atoms with Gasteiger partial charge in [0, 0.05) is 11.7 Å². The lowest BCUT2D eigenvalue weighted by Crippen LogP contribution is -2.41. The first-order chi connectivity index (χ1) is 9.15. The second kappa shape index (κ2) is 4.03. The van der Waals surface area contributed by atoms with Crippen LogP contribution in [0.1, 0.15) is 46.2 Å². The van der Waals surface area contributed by atoms with Gasteiger partial charge in [0.05, 0.1) is 11.2 Å². The van der Waals surface area contributed by atoms with Crippen molar-refractivity contribution in [3.05, 3.63) is 23.8 Å². The largest absolute Gasteiger partial charge is 0.496 e. The van der Waals surface area contributed by atoms with E-state index in [4.69, 9.17) is 9.31 Å². The Morgan fingerprint density at radius 3 is 2.20 bits per heavy atom. The SMILES string of the molecule is CC1(C)OB(c2cnc(C3(O)CC3)c(F)c2)OC1(C)C. The summed E-state index contributed by atoms with van der Waals surface area (Å²) in [6.45, 7) is 7.77. The summed E-state index contributed by atoms with van der Waals surface area (Å²) >= 11 is 0. The molecule has 6 heteroatoms. The third-order valence-electron chi connectivity index (χ3n) is 4.55. The molecule has 4 nitrogen and oxygen atoms in total. The molecule has 1 aromatic heterocycles. The van der Waals surface area contributed by atoms with Gasteiger partial charge >= 0.3 is 7.12 Å². The molecule has 1 saturated carbocycles. The predicted molar refractivity (Wildman–Crippen MR) is 73.0 cm³/mol. The summed E-state index contributed by atoms with van der Waals surface area (Å²) in [5.41, 5.74) is -1.35. The number of hydrogen-bond donors (Lipinski definition) is 1. The van der Waals surface area contributed by atoms with Crippen LogP contribution in [0.4, 0.5) is 4.39 Å². The van der Waals surface area contributed by atoms with Crippen molar-refractivity contribution in [2.75, 3.05) is 0 Å². The summed E-state index contributed by atoms with van der Waals surface area (Å²) in [5, 5.41) is 9.94. The van der Waals surface area contributed by atoms with Crippen LogP contribution in [0.2, 0.25) is 0 Å². The molecule has 0 unspecified atom stereocenters. The van der Waals surface area contributed by atoms with Gasteiger partial charge in [0.2, 0.25) is 0 Å². The van der Waals surface area contributed by atoms with E-state index in [9.17, 15) is 9.50 Å². The fourth-order valence-corrected chi connectivity index (χ4v) is 2.26. The number of hydrogen-bond acceptors (Lipinski definition) is 4. The van der Waals surface area contributed by atoms with Gasteiger partial charge in [-0.15, -0.1) is 0 Å². The van der Waals surface area contributed by atoms with Crippen LogP contribution in [0.5, 0.6) is 0 Å². The van der Waals surface area contributed by atoms with Crippen molar-refractivity contribution in [1.29, 1.82) is 0 Å². The van der Waals surface area contributed by atoms with Gasteiger partial charge in [0.25, 0.3) is 0 Å². The average Bonchev–Trinajstić information content (AvgIpc) is 3.01. The highest BCUT2D eigenvalue weighted by atomic mass is 19.1. The van der Waals surface area contributed by atoms with Gasteiger partial charge in [-0.25, -0.2) is 4.39 Å². The van der Waals surface area contributed by atoms with E-state index >= 15 is 0 Å². The number of rotatable bonds is 2. The van der Waals surface area contributed by atoms with Gasteiger partial charge in [0.1, 0.15) is 17.1 Å². The zero-order valence-electron chi connectivity index (χ0n) is 12.2. The second-order valence-electron chi connectivity index (χ2n) is 6.72. The highest BCUT2D eigenvalue weighted by Crippen LogP contribution is 2.45. The van der Waals surface area contributed by atoms with Crippen LogP contribution in [0.15, 0.2) is 12.3 Å². The lowest BCUT2D eigenvalue weighted by atomic mass is 9.80. The fraction of sp³-hybridized carbons (Fsp3) is 0.643. The smallest absolute Gasteiger partial charge is 0.399 e. The minimum atomic E-state index is -1.07. The Morgan fingerprint density at radius 1 is 1.20 bits per heavy atom. The van der Waals surface area contributed by atoms with Crippen LogP contribution in [0.3, 0.4) is 0 Å². The first-order valence-electron chi connectivity index (χ1n) is 6.89. The fourth-order valence-electron chi connectivity index (χ4n) is 2.26. The summed E-state index contributed by atoms with van der Waals surface area (Å²) in [4.78, 5) is 4.07. The van der Waals surface area contributed by atoms with Crippen LogP contribution < -0.4 is 5.46 Å². The van der Waals surface area contributed by atoms with Crippen molar-refractivity contribution in [2.45, 2.75) is 57.3 Å². The van der Waals surface area contributed by atoms with E-state index < -0.39 is 29.7 Å². The van der Waals surface area contributed by atoms with Crippen LogP contribution in [-0.4, -0.2) is 28.4 Å². The molecule has 1 saturated heterocycles. The van der Waals surface area contributed by atoms with E-state index in [0.717, 1.165) is 0 Å². The summed E-state index contributed by atoms with van der Waals surface area (Å²) < 4.78 is 25.8. The number of pyridine rings is 1. The van der Waals surface area contributed by atoms with E-state index in [1.807, 2.05) is 27.7 Å². The minimum Gasteiger partial charge on any atom is -0.399 e. The van der Waals surface area contributed by atoms with E-state index in [1.54, 1.807) is 0 Å². The summed E-state index contributed by atoms with van der Waals surface area (Å²) in [6, 6.07) is 1.35. The van der Waals surface area contributed by atoms with Gasteiger partial charge in [-0.3, -0.25) is 4.98 Å². The third kappa shape index (κ3) is 2.06. The molecule has 108 valence electrons. The number of aromatic nitrogens is 1. The predicted octanol–water partition coefficient (Wildman–Crippen LogP) is 1.50. The van der Waals surface area contributed by atoms with Gasteiger partial charge < -0.3 is 14.4 Å². The molecule has 1 aliphatic heterocycles. The van der Waals surface area contributed by atoms with Crippen molar-refractivity contribution in [3.63, 3.8) is 0 Å². The van der Waals surface area contributed by atoms with E-state index in [1.165, 1.54) is 12.3 Å². The van der Waals surface area contributed by atoms with Gasteiger partial charge in [-0.05, 0) is 46.6 Å². The maximum atomic E-state index is 14.1. The molecule has 2 aliphatic rings. The molecular weight excluding hydrogens is 260 g/mol. The molecule has 0 atom stereocenters. The molecular formula is C14H19BFNO3. The molecule has 2 heterocycles. The summed E-state index contributed by atoms with van der Waals surface area (Å²) in [5.74, 6) is -0.503. The quantitative estimate of drug-likeness (QED) is 0.834. The normalized spacial score (nSPS) is 25.8.